The van der Waals surface area contributed by atoms with E-state index in [9.17, 15) is 0 Å². The molecule has 0 radical (unpaired) electrons. The van der Waals surface area contributed by atoms with Crippen molar-refractivity contribution in [1.29, 1.82) is 5.26 Å². The van der Waals surface area contributed by atoms with Gasteiger partial charge in [0.2, 0.25) is 0 Å². The molecule has 0 aliphatic heterocycles. The lowest BCUT2D eigenvalue weighted by Gasteiger charge is -1.88. The van der Waals surface area contributed by atoms with Crippen molar-refractivity contribution in [3.63, 3.8) is 0 Å². The molecule has 1 nitrogen and oxygen atoms in total. The zero-order valence-corrected chi connectivity index (χ0v) is 8.75. The molecule has 1 aromatic rings. The van der Waals surface area contributed by atoms with Crippen LogP contribution in [0, 0.1) is 11.3 Å². The molecule has 0 aliphatic rings. The van der Waals surface area contributed by atoms with E-state index in [1.807, 2.05) is 44.2 Å². The van der Waals surface area contributed by atoms with E-state index in [4.69, 9.17) is 16.9 Å². The Kier molecular flexibility index (Phi) is 7.05. The largest absolute Gasteiger partial charge is 0.198 e. The van der Waals surface area contributed by atoms with Gasteiger partial charge in [0.1, 0.15) is 0 Å². The van der Waals surface area contributed by atoms with Crippen molar-refractivity contribution in [3.05, 3.63) is 35.9 Å². The van der Waals surface area contributed by atoms with Crippen molar-refractivity contribution in [1.82, 2.24) is 0 Å². The first kappa shape index (κ1) is 12.0. The summed E-state index contributed by atoms with van der Waals surface area (Å²) in [7, 11) is 0. The molecule has 13 heavy (non-hydrogen) atoms. The molecule has 1 aromatic carbocycles. The molecule has 0 unspecified atom stereocenters. The first-order valence-electron chi connectivity index (χ1n) is 4.21. The number of benzene rings is 1. The first-order valence-corrected chi connectivity index (χ1v) is 4.65. The lowest BCUT2D eigenvalue weighted by Crippen LogP contribution is -1.76. The summed E-state index contributed by atoms with van der Waals surface area (Å²) in [5, 5.41) is 8.58. The van der Waals surface area contributed by atoms with Crippen LogP contribution in [0.5, 0.6) is 0 Å². The Labute approximate surface area is 85.0 Å². The van der Waals surface area contributed by atoms with Gasteiger partial charge in [-0.15, -0.1) is 11.6 Å². The van der Waals surface area contributed by atoms with Gasteiger partial charge in [0.15, 0.2) is 0 Å². The fourth-order valence-corrected chi connectivity index (χ4v) is 0.687. The Morgan fingerprint density at radius 2 is 1.77 bits per heavy atom. The van der Waals surface area contributed by atoms with Crippen molar-refractivity contribution in [2.24, 2.45) is 0 Å². The molecule has 0 amide bonds. The number of nitrogens with zero attached hydrogens (tertiary/aromatic N) is 1. The third-order valence-electron chi connectivity index (χ3n) is 1.13. The minimum atomic E-state index is 0.306. The van der Waals surface area contributed by atoms with E-state index in [0.717, 1.165) is 5.56 Å². The third-order valence-corrected chi connectivity index (χ3v) is 1.13. The SMILES string of the molecule is CC(C)Cl.N#CCc1ccccc1. The third kappa shape index (κ3) is 8.91. The van der Waals surface area contributed by atoms with Crippen molar-refractivity contribution < 1.29 is 0 Å². The molecule has 0 spiro atoms. The van der Waals surface area contributed by atoms with Crippen LogP contribution >= 0.6 is 11.6 Å². The molecule has 0 saturated carbocycles. The molecule has 0 bridgehead atoms. The zero-order chi connectivity index (χ0) is 10.1. The monoisotopic (exact) mass is 195 g/mol. The molecule has 70 valence electrons. The average Bonchev–Trinajstić information content (AvgIpc) is 2.06. The number of hydrogen-bond acceptors (Lipinski definition) is 1. The second-order valence-corrected chi connectivity index (χ2v) is 3.71. The van der Waals surface area contributed by atoms with Crippen molar-refractivity contribution in [2.75, 3.05) is 0 Å². The molecule has 1 rings (SSSR count). The molecule has 2 heteroatoms. The summed E-state index contributed by atoms with van der Waals surface area (Å²) in [6.45, 7) is 3.86. The molecular weight excluding hydrogens is 182 g/mol. The highest BCUT2D eigenvalue weighted by atomic mass is 35.5. The van der Waals surface area contributed by atoms with Gasteiger partial charge in [0, 0.05) is 5.38 Å². The second kappa shape index (κ2) is 7.64. The summed E-state index contributed by atoms with van der Waals surface area (Å²) in [5.74, 6) is 0. The summed E-state index contributed by atoms with van der Waals surface area (Å²) in [4.78, 5) is 0. The van der Waals surface area contributed by atoms with Crippen molar-refractivity contribution in [3.8, 4) is 6.07 Å². The highest BCUT2D eigenvalue weighted by molar-refractivity contribution is 6.20. The van der Waals surface area contributed by atoms with Crippen molar-refractivity contribution in [2.45, 2.75) is 25.6 Å². The molecular formula is C11H14ClN. The smallest absolute Gasteiger partial charge is 0.0669 e. The number of rotatable bonds is 1. The van der Waals surface area contributed by atoms with E-state index in [1.165, 1.54) is 0 Å². The quantitative estimate of drug-likeness (QED) is 0.631. The average molecular weight is 196 g/mol. The van der Waals surface area contributed by atoms with Crippen LogP contribution in [0.2, 0.25) is 0 Å². The van der Waals surface area contributed by atoms with E-state index >= 15 is 0 Å². The van der Waals surface area contributed by atoms with E-state index in [-0.39, 0.29) is 0 Å². The van der Waals surface area contributed by atoms with Gasteiger partial charge in [-0.1, -0.05) is 30.3 Å². The van der Waals surface area contributed by atoms with Crippen LogP contribution < -0.4 is 0 Å². The molecule has 0 N–H and O–H groups in total. The number of alkyl halides is 1. The van der Waals surface area contributed by atoms with Gasteiger partial charge in [0.05, 0.1) is 12.5 Å². The van der Waals surface area contributed by atoms with Gasteiger partial charge in [-0.3, -0.25) is 0 Å². The molecule has 0 fully saturated rings. The predicted octanol–water partition coefficient (Wildman–Crippen LogP) is 3.39. The maximum absolute atomic E-state index is 8.27. The Balaban J connectivity index is 0.000000310. The molecule has 0 saturated heterocycles. The lowest BCUT2D eigenvalue weighted by molar-refractivity contribution is 1.10. The second-order valence-electron chi connectivity index (χ2n) is 2.83. The Bertz CT molecular complexity index is 246. The maximum atomic E-state index is 8.27. The van der Waals surface area contributed by atoms with Crippen LogP contribution in [-0.2, 0) is 6.42 Å². The van der Waals surface area contributed by atoms with Crippen LogP contribution in [0.3, 0.4) is 0 Å². The Morgan fingerprint density at radius 1 is 1.31 bits per heavy atom. The molecule has 0 atom stereocenters. The standard InChI is InChI=1S/C8H7N.C3H7Cl/c9-7-6-8-4-2-1-3-5-8;1-3(2)4/h1-5H,6H2;3H,1-2H3. The van der Waals surface area contributed by atoms with E-state index in [1.54, 1.807) is 0 Å². The minimum absolute atomic E-state index is 0.306. The predicted molar refractivity (Wildman–Crippen MR) is 56.7 cm³/mol. The summed E-state index contributed by atoms with van der Waals surface area (Å²) in [5.41, 5.74) is 1.08. The fourth-order valence-electron chi connectivity index (χ4n) is 0.687. The Morgan fingerprint density at radius 3 is 2.15 bits per heavy atom. The maximum Gasteiger partial charge on any atom is 0.0669 e. The fraction of sp³-hybridized carbons (Fsp3) is 0.364. The van der Waals surface area contributed by atoms with Crippen LogP contribution in [0.15, 0.2) is 30.3 Å². The van der Waals surface area contributed by atoms with E-state index < -0.39 is 0 Å². The van der Waals surface area contributed by atoms with Gasteiger partial charge >= 0.3 is 0 Å². The Hall–Kier alpha value is -1.00. The number of halogens is 1. The summed E-state index contributed by atoms with van der Waals surface area (Å²) in [6, 6.07) is 11.8. The summed E-state index contributed by atoms with van der Waals surface area (Å²) < 4.78 is 0. The van der Waals surface area contributed by atoms with Crippen LogP contribution in [-0.4, -0.2) is 5.38 Å². The van der Waals surface area contributed by atoms with Gasteiger partial charge in [-0.25, -0.2) is 0 Å². The minimum Gasteiger partial charge on any atom is -0.198 e. The molecule has 0 heterocycles. The number of nitriles is 1. The molecule has 0 aromatic heterocycles. The van der Waals surface area contributed by atoms with Gasteiger partial charge in [-0.2, -0.15) is 5.26 Å². The van der Waals surface area contributed by atoms with Gasteiger partial charge < -0.3 is 0 Å². The highest BCUT2D eigenvalue weighted by Crippen LogP contribution is 1.96. The zero-order valence-electron chi connectivity index (χ0n) is 8.00. The molecule has 0 aliphatic carbocycles. The van der Waals surface area contributed by atoms with Crippen LogP contribution in [0.25, 0.3) is 0 Å². The topological polar surface area (TPSA) is 23.8 Å². The highest BCUT2D eigenvalue weighted by Gasteiger charge is 1.84. The van der Waals surface area contributed by atoms with Gasteiger partial charge in [-0.05, 0) is 19.4 Å². The van der Waals surface area contributed by atoms with Crippen molar-refractivity contribution >= 4 is 11.6 Å². The van der Waals surface area contributed by atoms with E-state index in [0.29, 0.717) is 11.8 Å². The summed E-state index contributed by atoms with van der Waals surface area (Å²) >= 11 is 5.27. The summed E-state index contributed by atoms with van der Waals surface area (Å²) in [6.07, 6.45) is 0.515. The first-order chi connectivity index (χ1) is 6.16. The van der Waals surface area contributed by atoms with Crippen LogP contribution in [0.1, 0.15) is 19.4 Å². The van der Waals surface area contributed by atoms with Crippen LogP contribution in [0.4, 0.5) is 0 Å². The normalized spacial score (nSPS) is 8.54. The number of hydrogen-bond donors (Lipinski definition) is 0. The van der Waals surface area contributed by atoms with Gasteiger partial charge in [0.25, 0.3) is 0 Å². The lowest BCUT2D eigenvalue weighted by atomic mass is 10.2. The van der Waals surface area contributed by atoms with E-state index in [2.05, 4.69) is 6.07 Å².